The summed E-state index contributed by atoms with van der Waals surface area (Å²) in [6.45, 7) is 5.01. The second-order valence-corrected chi connectivity index (χ2v) is 4.69. The molecule has 0 aliphatic heterocycles. The molecule has 1 heterocycles. The van der Waals surface area contributed by atoms with Gasteiger partial charge in [-0.2, -0.15) is 0 Å². The summed E-state index contributed by atoms with van der Waals surface area (Å²) < 4.78 is 16.3. The molecule has 114 valence electrons. The molecule has 6 heteroatoms. The van der Waals surface area contributed by atoms with Crippen LogP contribution in [-0.4, -0.2) is 31.0 Å². The van der Waals surface area contributed by atoms with E-state index in [2.05, 4.69) is 22.4 Å². The molecule has 1 aromatic carbocycles. The molecule has 0 bridgehead atoms. The van der Waals surface area contributed by atoms with Gasteiger partial charge in [0.1, 0.15) is 11.5 Å². The monoisotopic (exact) mass is 291 g/mol. The fourth-order valence-corrected chi connectivity index (χ4v) is 1.95. The minimum Gasteiger partial charge on any atom is -0.497 e. The summed E-state index contributed by atoms with van der Waals surface area (Å²) >= 11 is 0. The first-order valence-corrected chi connectivity index (χ1v) is 6.98. The first-order valence-electron chi connectivity index (χ1n) is 6.98. The summed E-state index contributed by atoms with van der Waals surface area (Å²) in [7, 11) is 3.22. The van der Waals surface area contributed by atoms with Crippen LogP contribution in [0.4, 0.5) is 0 Å². The van der Waals surface area contributed by atoms with Gasteiger partial charge in [0.2, 0.25) is 5.89 Å². The third-order valence-corrected chi connectivity index (χ3v) is 3.15. The average Bonchev–Trinajstić information content (AvgIpc) is 3.01. The van der Waals surface area contributed by atoms with Crippen molar-refractivity contribution >= 4 is 0 Å². The zero-order valence-corrected chi connectivity index (χ0v) is 12.8. The van der Waals surface area contributed by atoms with Crippen molar-refractivity contribution in [1.82, 2.24) is 15.5 Å². The van der Waals surface area contributed by atoms with Crippen LogP contribution in [0.25, 0.3) is 11.5 Å². The van der Waals surface area contributed by atoms with Crippen molar-refractivity contribution in [2.45, 2.75) is 26.3 Å². The third kappa shape index (κ3) is 3.52. The van der Waals surface area contributed by atoms with E-state index in [1.807, 2.05) is 25.1 Å². The van der Waals surface area contributed by atoms with E-state index < -0.39 is 0 Å². The van der Waals surface area contributed by atoms with Crippen LogP contribution in [0.1, 0.15) is 32.2 Å². The predicted molar refractivity (Wildman–Crippen MR) is 79.5 cm³/mol. The molecule has 0 fully saturated rings. The Morgan fingerprint density at radius 2 is 2.05 bits per heavy atom. The number of methoxy groups -OCH3 is 2. The topological polar surface area (TPSA) is 69.4 Å². The van der Waals surface area contributed by atoms with E-state index in [0.29, 0.717) is 23.3 Å². The Hall–Kier alpha value is -2.08. The minimum absolute atomic E-state index is 0.0165. The molecule has 0 saturated carbocycles. The molecule has 2 rings (SSSR count). The van der Waals surface area contributed by atoms with E-state index in [9.17, 15) is 0 Å². The molecule has 21 heavy (non-hydrogen) atoms. The van der Waals surface area contributed by atoms with E-state index >= 15 is 0 Å². The lowest BCUT2D eigenvalue weighted by Crippen LogP contribution is -2.19. The Kier molecular flexibility index (Phi) is 5.16. The number of aromatic nitrogens is 2. The fraction of sp³-hybridized carbons (Fsp3) is 0.467. The van der Waals surface area contributed by atoms with Gasteiger partial charge < -0.3 is 19.2 Å². The van der Waals surface area contributed by atoms with Gasteiger partial charge in [0.05, 0.1) is 25.8 Å². The number of benzene rings is 1. The molecular weight excluding hydrogens is 270 g/mol. The fourth-order valence-electron chi connectivity index (χ4n) is 1.95. The second kappa shape index (κ2) is 7.08. The zero-order valence-electron chi connectivity index (χ0n) is 12.8. The highest BCUT2D eigenvalue weighted by Crippen LogP contribution is 2.33. The standard InChI is InChI=1S/C15H21N3O3/c1-5-8-16-10(2)14-17-18-15(21-14)12-9-11(19-3)6-7-13(12)20-4/h6-7,9-10,16H,5,8H2,1-4H3. The lowest BCUT2D eigenvalue weighted by atomic mass is 10.2. The summed E-state index contributed by atoms with van der Waals surface area (Å²) in [5.74, 6) is 2.36. The van der Waals surface area contributed by atoms with Crippen molar-refractivity contribution < 1.29 is 13.9 Å². The molecule has 0 aliphatic carbocycles. The van der Waals surface area contributed by atoms with Gasteiger partial charge in [-0.05, 0) is 38.1 Å². The van der Waals surface area contributed by atoms with Gasteiger partial charge in [-0.3, -0.25) is 0 Å². The van der Waals surface area contributed by atoms with Gasteiger partial charge in [-0.15, -0.1) is 10.2 Å². The Morgan fingerprint density at radius 1 is 1.24 bits per heavy atom. The van der Waals surface area contributed by atoms with Crippen LogP contribution in [0.2, 0.25) is 0 Å². The molecule has 0 radical (unpaired) electrons. The van der Waals surface area contributed by atoms with Crippen molar-refractivity contribution in [1.29, 1.82) is 0 Å². The van der Waals surface area contributed by atoms with Gasteiger partial charge in [0, 0.05) is 0 Å². The number of nitrogens with one attached hydrogen (secondary N) is 1. The van der Waals surface area contributed by atoms with Crippen molar-refractivity contribution in [2.24, 2.45) is 0 Å². The van der Waals surface area contributed by atoms with Crippen molar-refractivity contribution in [3.63, 3.8) is 0 Å². The van der Waals surface area contributed by atoms with E-state index in [1.54, 1.807) is 14.2 Å². The van der Waals surface area contributed by atoms with Gasteiger partial charge in [-0.25, -0.2) is 0 Å². The SMILES string of the molecule is CCCNC(C)c1nnc(-c2cc(OC)ccc2OC)o1. The summed E-state index contributed by atoms with van der Waals surface area (Å²) in [5.41, 5.74) is 0.721. The van der Waals surface area contributed by atoms with Crippen molar-refractivity contribution in [3.05, 3.63) is 24.1 Å². The molecule has 0 saturated heterocycles. The van der Waals surface area contributed by atoms with Crippen LogP contribution in [-0.2, 0) is 0 Å². The van der Waals surface area contributed by atoms with Crippen molar-refractivity contribution in [2.75, 3.05) is 20.8 Å². The molecular formula is C15H21N3O3. The molecule has 0 amide bonds. The maximum atomic E-state index is 5.75. The summed E-state index contributed by atoms with van der Waals surface area (Å²) in [6, 6.07) is 5.48. The van der Waals surface area contributed by atoms with Crippen LogP contribution in [0.15, 0.2) is 22.6 Å². The van der Waals surface area contributed by atoms with Gasteiger partial charge in [0.25, 0.3) is 5.89 Å². The van der Waals surface area contributed by atoms with Crippen LogP contribution >= 0.6 is 0 Å². The number of nitrogens with zero attached hydrogens (tertiary/aromatic N) is 2. The number of rotatable bonds is 7. The summed E-state index contributed by atoms with van der Waals surface area (Å²) in [6.07, 6.45) is 1.05. The maximum Gasteiger partial charge on any atom is 0.251 e. The molecule has 1 N–H and O–H groups in total. The Labute approximate surface area is 124 Å². The molecule has 2 aromatic rings. The summed E-state index contributed by atoms with van der Waals surface area (Å²) in [4.78, 5) is 0. The molecule has 1 unspecified atom stereocenters. The van der Waals surface area contributed by atoms with Crippen LogP contribution in [0, 0.1) is 0 Å². The van der Waals surface area contributed by atoms with E-state index in [-0.39, 0.29) is 6.04 Å². The van der Waals surface area contributed by atoms with Gasteiger partial charge >= 0.3 is 0 Å². The summed E-state index contributed by atoms with van der Waals surface area (Å²) in [5, 5.41) is 11.5. The highest BCUT2D eigenvalue weighted by atomic mass is 16.5. The number of hydrogen-bond donors (Lipinski definition) is 1. The highest BCUT2D eigenvalue weighted by Gasteiger charge is 2.17. The second-order valence-electron chi connectivity index (χ2n) is 4.69. The number of ether oxygens (including phenoxy) is 2. The van der Waals surface area contributed by atoms with Gasteiger partial charge in [0.15, 0.2) is 0 Å². The van der Waals surface area contributed by atoms with Crippen LogP contribution < -0.4 is 14.8 Å². The van der Waals surface area contributed by atoms with E-state index in [1.165, 1.54) is 0 Å². The van der Waals surface area contributed by atoms with E-state index in [0.717, 1.165) is 18.5 Å². The van der Waals surface area contributed by atoms with Crippen LogP contribution in [0.3, 0.4) is 0 Å². The smallest absolute Gasteiger partial charge is 0.251 e. The predicted octanol–water partition coefficient (Wildman–Crippen LogP) is 2.81. The van der Waals surface area contributed by atoms with E-state index in [4.69, 9.17) is 13.9 Å². The maximum absolute atomic E-state index is 5.75. The van der Waals surface area contributed by atoms with Gasteiger partial charge in [-0.1, -0.05) is 6.92 Å². The quantitative estimate of drug-likeness (QED) is 0.846. The molecule has 0 aliphatic rings. The first kappa shape index (κ1) is 15.3. The lowest BCUT2D eigenvalue weighted by molar-refractivity contribution is 0.399. The molecule has 0 spiro atoms. The van der Waals surface area contributed by atoms with Crippen molar-refractivity contribution in [3.8, 4) is 23.0 Å². The Morgan fingerprint density at radius 3 is 2.71 bits per heavy atom. The normalized spacial score (nSPS) is 12.2. The number of hydrogen-bond acceptors (Lipinski definition) is 6. The molecule has 6 nitrogen and oxygen atoms in total. The zero-order chi connectivity index (χ0) is 15.2. The lowest BCUT2D eigenvalue weighted by Gasteiger charge is -2.08. The largest absolute Gasteiger partial charge is 0.497 e. The third-order valence-electron chi connectivity index (χ3n) is 3.15. The van der Waals surface area contributed by atoms with Crippen LogP contribution in [0.5, 0.6) is 11.5 Å². The minimum atomic E-state index is 0.0165. The highest BCUT2D eigenvalue weighted by molar-refractivity contribution is 5.64. The average molecular weight is 291 g/mol. The molecule has 1 atom stereocenters. The molecule has 1 aromatic heterocycles. The first-order chi connectivity index (χ1) is 10.2. The Balaban J connectivity index is 2.28. The Bertz CT molecular complexity index is 583.